The zero-order valence-electron chi connectivity index (χ0n) is 13.3. The van der Waals surface area contributed by atoms with Gasteiger partial charge in [-0.05, 0) is 30.3 Å². The van der Waals surface area contributed by atoms with Crippen LogP contribution in [0.1, 0.15) is 5.69 Å². The number of methoxy groups -OCH3 is 1. The Labute approximate surface area is 139 Å². The highest BCUT2D eigenvalue weighted by Gasteiger charge is 2.08. The lowest BCUT2D eigenvalue weighted by Gasteiger charge is -2.03. The first-order valence-corrected chi connectivity index (χ1v) is 7.57. The van der Waals surface area contributed by atoms with Gasteiger partial charge in [0.25, 0.3) is 0 Å². The highest BCUT2D eigenvalue weighted by molar-refractivity contribution is 5.75. The van der Waals surface area contributed by atoms with Gasteiger partial charge in [-0.15, -0.1) is 0 Å². The second-order valence-corrected chi connectivity index (χ2v) is 5.18. The summed E-state index contributed by atoms with van der Waals surface area (Å²) >= 11 is 0. The van der Waals surface area contributed by atoms with Gasteiger partial charge < -0.3 is 14.5 Å². The number of ether oxygens (including phenoxy) is 1. The maximum atomic E-state index is 11.8. The molecule has 2 heterocycles. The molecule has 1 N–H and O–H groups in total. The number of hydrogen-bond acceptors (Lipinski definition) is 5. The van der Waals surface area contributed by atoms with E-state index in [-0.39, 0.29) is 12.5 Å². The van der Waals surface area contributed by atoms with Crippen molar-refractivity contribution in [3.63, 3.8) is 0 Å². The SMILES string of the molecule is COc1ccc(-c2nc(CCNC(=O)Cn3cccn3)co2)cc1. The zero-order chi connectivity index (χ0) is 16.8. The van der Waals surface area contributed by atoms with Crippen LogP contribution in [0.25, 0.3) is 11.5 Å². The molecule has 3 aromatic rings. The minimum Gasteiger partial charge on any atom is -0.497 e. The Hall–Kier alpha value is -3.09. The minimum atomic E-state index is -0.0856. The van der Waals surface area contributed by atoms with Crippen LogP contribution in [0.15, 0.2) is 53.4 Å². The van der Waals surface area contributed by atoms with Crippen LogP contribution in [-0.2, 0) is 17.8 Å². The van der Waals surface area contributed by atoms with Gasteiger partial charge in [-0.1, -0.05) is 0 Å². The van der Waals surface area contributed by atoms with Crippen LogP contribution in [0, 0.1) is 0 Å². The molecule has 0 spiro atoms. The van der Waals surface area contributed by atoms with Gasteiger partial charge in [0.1, 0.15) is 18.6 Å². The van der Waals surface area contributed by atoms with E-state index >= 15 is 0 Å². The number of oxazole rings is 1. The van der Waals surface area contributed by atoms with E-state index in [9.17, 15) is 4.79 Å². The van der Waals surface area contributed by atoms with Crippen LogP contribution < -0.4 is 10.1 Å². The summed E-state index contributed by atoms with van der Waals surface area (Å²) in [5.74, 6) is 1.25. The monoisotopic (exact) mass is 326 g/mol. The predicted octanol–water partition coefficient (Wildman–Crippen LogP) is 1.91. The number of benzene rings is 1. The molecule has 1 aromatic carbocycles. The topological polar surface area (TPSA) is 82.2 Å². The molecule has 0 bridgehead atoms. The Kier molecular flexibility index (Phi) is 4.90. The molecule has 0 aliphatic carbocycles. The van der Waals surface area contributed by atoms with Crippen LogP contribution in [0.5, 0.6) is 5.75 Å². The van der Waals surface area contributed by atoms with Crippen molar-refractivity contribution in [2.75, 3.05) is 13.7 Å². The van der Waals surface area contributed by atoms with Crippen molar-refractivity contribution in [1.29, 1.82) is 0 Å². The molecule has 0 radical (unpaired) electrons. The molecule has 7 heteroatoms. The summed E-state index contributed by atoms with van der Waals surface area (Å²) in [6, 6.07) is 9.27. The van der Waals surface area contributed by atoms with E-state index < -0.39 is 0 Å². The number of carbonyl (C=O) groups is 1. The maximum Gasteiger partial charge on any atom is 0.241 e. The van der Waals surface area contributed by atoms with Crippen LogP contribution >= 0.6 is 0 Å². The van der Waals surface area contributed by atoms with Gasteiger partial charge in [0.2, 0.25) is 11.8 Å². The standard InChI is InChI=1S/C17H18N4O3/c1-23-15-5-3-13(4-6-15)17-20-14(12-24-17)7-9-18-16(22)11-21-10-2-8-19-21/h2-6,8,10,12H,7,9,11H2,1H3,(H,18,22). The first-order chi connectivity index (χ1) is 11.7. The summed E-state index contributed by atoms with van der Waals surface area (Å²) in [6.45, 7) is 0.706. The molecule has 0 fully saturated rings. The molecule has 0 unspecified atom stereocenters. The van der Waals surface area contributed by atoms with Gasteiger partial charge in [0.05, 0.1) is 12.8 Å². The molecule has 0 atom stereocenters. The number of amides is 1. The number of carbonyl (C=O) groups excluding carboxylic acids is 1. The number of nitrogens with one attached hydrogen (secondary N) is 1. The third-order valence-electron chi connectivity index (χ3n) is 3.46. The van der Waals surface area contributed by atoms with E-state index in [1.807, 2.05) is 24.3 Å². The van der Waals surface area contributed by atoms with Crippen LogP contribution in [0.4, 0.5) is 0 Å². The number of aromatic nitrogens is 3. The molecular formula is C17H18N4O3. The van der Waals surface area contributed by atoms with Gasteiger partial charge >= 0.3 is 0 Å². The van der Waals surface area contributed by atoms with Crippen molar-refractivity contribution in [2.45, 2.75) is 13.0 Å². The fourth-order valence-corrected chi connectivity index (χ4v) is 2.21. The quantitative estimate of drug-likeness (QED) is 0.717. The average molecular weight is 326 g/mol. The number of hydrogen-bond donors (Lipinski definition) is 1. The largest absolute Gasteiger partial charge is 0.497 e. The Morgan fingerprint density at radius 2 is 2.17 bits per heavy atom. The molecule has 2 aromatic heterocycles. The highest BCUT2D eigenvalue weighted by Crippen LogP contribution is 2.21. The smallest absolute Gasteiger partial charge is 0.241 e. The van der Waals surface area contributed by atoms with Gasteiger partial charge in [0.15, 0.2) is 0 Å². The zero-order valence-corrected chi connectivity index (χ0v) is 13.3. The molecular weight excluding hydrogens is 308 g/mol. The van der Waals surface area contributed by atoms with Gasteiger partial charge in [-0.2, -0.15) is 5.10 Å². The molecule has 24 heavy (non-hydrogen) atoms. The van der Waals surface area contributed by atoms with E-state index in [2.05, 4.69) is 15.4 Å². The van der Waals surface area contributed by atoms with E-state index in [0.29, 0.717) is 18.9 Å². The highest BCUT2D eigenvalue weighted by atomic mass is 16.5. The Balaban J connectivity index is 1.49. The van der Waals surface area contributed by atoms with Crippen molar-refractivity contribution >= 4 is 5.91 Å². The molecule has 7 nitrogen and oxygen atoms in total. The van der Waals surface area contributed by atoms with Crippen LogP contribution in [-0.4, -0.2) is 34.3 Å². The van der Waals surface area contributed by atoms with Gasteiger partial charge in [-0.3, -0.25) is 9.48 Å². The summed E-state index contributed by atoms with van der Waals surface area (Å²) in [4.78, 5) is 16.2. The lowest BCUT2D eigenvalue weighted by molar-refractivity contribution is -0.121. The summed E-state index contributed by atoms with van der Waals surface area (Å²) in [5, 5.41) is 6.83. The Morgan fingerprint density at radius 1 is 1.33 bits per heavy atom. The van der Waals surface area contributed by atoms with Crippen LogP contribution in [0.3, 0.4) is 0 Å². The third-order valence-corrected chi connectivity index (χ3v) is 3.46. The number of rotatable bonds is 7. The lowest BCUT2D eigenvalue weighted by Crippen LogP contribution is -2.29. The number of nitrogens with zero attached hydrogens (tertiary/aromatic N) is 3. The molecule has 3 rings (SSSR count). The molecule has 1 amide bonds. The summed E-state index contributed by atoms with van der Waals surface area (Å²) < 4.78 is 12.2. The second-order valence-electron chi connectivity index (χ2n) is 5.18. The van der Waals surface area contributed by atoms with Crippen molar-refractivity contribution in [1.82, 2.24) is 20.1 Å². The predicted molar refractivity (Wildman–Crippen MR) is 87.4 cm³/mol. The van der Waals surface area contributed by atoms with Crippen molar-refractivity contribution in [3.8, 4) is 17.2 Å². The van der Waals surface area contributed by atoms with E-state index in [1.54, 1.807) is 36.5 Å². The first kappa shape index (κ1) is 15.8. The van der Waals surface area contributed by atoms with Gasteiger partial charge in [0, 0.05) is 30.9 Å². The van der Waals surface area contributed by atoms with Crippen molar-refractivity contribution in [2.24, 2.45) is 0 Å². The fraction of sp³-hybridized carbons (Fsp3) is 0.235. The third kappa shape index (κ3) is 4.01. The van der Waals surface area contributed by atoms with Gasteiger partial charge in [-0.25, -0.2) is 4.98 Å². The van der Waals surface area contributed by atoms with Crippen molar-refractivity contribution < 1.29 is 13.9 Å². The second kappa shape index (κ2) is 7.45. The summed E-state index contributed by atoms with van der Waals surface area (Å²) in [7, 11) is 1.62. The van der Waals surface area contributed by atoms with E-state index in [1.165, 1.54) is 0 Å². The molecule has 0 aliphatic heterocycles. The average Bonchev–Trinajstić information content (AvgIpc) is 3.27. The van der Waals surface area contributed by atoms with Crippen LogP contribution in [0.2, 0.25) is 0 Å². The maximum absolute atomic E-state index is 11.8. The normalized spacial score (nSPS) is 10.5. The molecule has 0 aliphatic rings. The fourth-order valence-electron chi connectivity index (χ4n) is 2.21. The lowest BCUT2D eigenvalue weighted by atomic mass is 10.2. The van der Waals surface area contributed by atoms with E-state index in [4.69, 9.17) is 9.15 Å². The molecule has 0 saturated carbocycles. The minimum absolute atomic E-state index is 0.0856. The molecule has 124 valence electrons. The Bertz CT molecular complexity index is 779. The molecule has 0 saturated heterocycles. The first-order valence-electron chi connectivity index (χ1n) is 7.57. The summed E-state index contributed by atoms with van der Waals surface area (Å²) in [5.41, 5.74) is 1.67. The van der Waals surface area contributed by atoms with E-state index in [0.717, 1.165) is 17.0 Å². The van der Waals surface area contributed by atoms with Crippen molar-refractivity contribution in [3.05, 3.63) is 54.7 Å². The summed E-state index contributed by atoms with van der Waals surface area (Å²) in [6.07, 6.45) is 5.60. The Morgan fingerprint density at radius 3 is 2.88 bits per heavy atom.